The summed E-state index contributed by atoms with van der Waals surface area (Å²) in [5.41, 5.74) is 0. The number of hydrogen-bond acceptors (Lipinski definition) is 6. The van der Waals surface area contributed by atoms with Crippen molar-refractivity contribution in [1.29, 1.82) is 0 Å². The van der Waals surface area contributed by atoms with E-state index in [9.17, 15) is 5.11 Å². The Morgan fingerprint density at radius 1 is 1.47 bits per heavy atom. The monoisotopic (exact) mass is 274 g/mol. The van der Waals surface area contributed by atoms with E-state index in [1.165, 1.54) is 4.80 Å². The molecule has 1 aromatic rings. The van der Waals surface area contributed by atoms with E-state index < -0.39 is 0 Å². The van der Waals surface area contributed by atoms with Crippen molar-refractivity contribution in [3.8, 4) is 0 Å². The average Bonchev–Trinajstić information content (AvgIpc) is 2.68. The number of aliphatic hydroxyl groups is 1. The van der Waals surface area contributed by atoms with Crippen molar-refractivity contribution in [2.24, 2.45) is 7.05 Å². The molecule has 1 saturated heterocycles. The number of aromatic nitrogens is 4. The molecule has 1 fully saturated rings. The van der Waals surface area contributed by atoms with Crippen LogP contribution < -0.4 is 0 Å². The maximum atomic E-state index is 10.2. The molecule has 4 atom stereocenters. The Kier molecular flexibility index (Phi) is 4.32. The predicted octanol–water partition coefficient (Wildman–Crippen LogP) is 0.739. The lowest BCUT2D eigenvalue weighted by atomic mass is 10.2. The van der Waals surface area contributed by atoms with Crippen LogP contribution in [0.4, 0.5) is 0 Å². The summed E-state index contributed by atoms with van der Waals surface area (Å²) >= 11 is 3.81. The first-order valence-corrected chi connectivity index (χ1v) is 7.73. The Morgan fingerprint density at radius 3 is 2.82 bits per heavy atom. The lowest BCUT2D eigenvalue weighted by Crippen LogP contribution is -2.35. The lowest BCUT2D eigenvalue weighted by Gasteiger charge is -2.33. The van der Waals surface area contributed by atoms with E-state index in [1.807, 2.05) is 23.5 Å². The standard InChI is InChI=1S/C10H18N4OS2/c1-6-7(2)17-9(5-16-6)8(15)4-10-11-13-14(3)12-10/h6-9,15H,4-5H2,1-3H3. The highest BCUT2D eigenvalue weighted by atomic mass is 32.2. The third-order valence-corrected chi connectivity index (χ3v) is 6.48. The summed E-state index contributed by atoms with van der Waals surface area (Å²) in [7, 11) is 1.73. The number of aliphatic hydroxyl groups excluding tert-OH is 1. The molecule has 1 aliphatic heterocycles. The van der Waals surface area contributed by atoms with Crippen LogP contribution in [0.25, 0.3) is 0 Å². The predicted molar refractivity (Wildman–Crippen MR) is 71.3 cm³/mol. The van der Waals surface area contributed by atoms with Gasteiger partial charge in [0.25, 0.3) is 0 Å². The molecule has 0 aliphatic carbocycles. The second-order valence-corrected chi connectivity index (χ2v) is 7.42. The van der Waals surface area contributed by atoms with Gasteiger partial charge in [-0.1, -0.05) is 13.8 Å². The van der Waals surface area contributed by atoms with Gasteiger partial charge in [-0.2, -0.15) is 28.3 Å². The van der Waals surface area contributed by atoms with Crippen LogP contribution in [0.1, 0.15) is 19.7 Å². The molecule has 1 aromatic heterocycles. The third kappa shape index (κ3) is 3.35. The van der Waals surface area contributed by atoms with Crippen LogP contribution in [0.3, 0.4) is 0 Å². The third-order valence-electron chi connectivity index (χ3n) is 2.94. The van der Waals surface area contributed by atoms with Gasteiger partial charge in [0.2, 0.25) is 0 Å². The van der Waals surface area contributed by atoms with Crippen molar-refractivity contribution in [1.82, 2.24) is 20.2 Å². The normalized spacial score (nSPS) is 31.4. The van der Waals surface area contributed by atoms with Gasteiger partial charge in [0, 0.05) is 27.9 Å². The second kappa shape index (κ2) is 5.58. The molecular formula is C10H18N4OS2. The molecule has 1 aliphatic rings. The molecule has 96 valence electrons. The first-order valence-electron chi connectivity index (χ1n) is 5.74. The van der Waals surface area contributed by atoms with Gasteiger partial charge in [-0.15, -0.1) is 10.2 Å². The van der Waals surface area contributed by atoms with Crippen LogP contribution in [-0.2, 0) is 13.5 Å². The number of rotatable bonds is 3. The average molecular weight is 274 g/mol. The molecule has 4 unspecified atom stereocenters. The van der Waals surface area contributed by atoms with Crippen LogP contribution in [0.5, 0.6) is 0 Å². The van der Waals surface area contributed by atoms with Crippen molar-refractivity contribution in [2.75, 3.05) is 5.75 Å². The van der Waals surface area contributed by atoms with E-state index in [1.54, 1.807) is 7.05 Å². The van der Waals surface area contributed by atoms with Crippen LogP contribution in [0.15, 0.2) is 0 Å². The summed E-state index contributed by atoms with van der Waals surface area (Å²) in [5, 5.41) is 23.5. The van der Waals surface area contributed by atoms with Gasteiger partial charge in [0.15, 0.2) is 5.82 Å². The summed E-state index contributed by atoms with van der Waals surface area (Å²) in [6.45, 7) is 4.47. The number of tetrazole rings is 1. The minimum Gasteiger partial charge on any atom is -0.391 e. The first kappa shape index (κ1) is 13.2. The zero-order valence-electron chi connectivity index (χ0n) is 10.3. The molecule has 0 aromatic carbocycles. The first-order chi connectivity index (χ1) is 8.06. The molecule has 2 heterocycles. The fourth-order valence-corrected chi connectivity index (χ4v) is 4.75. The smallest absolute Gasteiger partial charge is 0.177 e. The highest BCUT2D eigenvalue weighted by Gasteiger charge is 2.30. The minimum atomic E-state index is -0.383. The zero-order chi connectivity index (χ0) is 12.4. The maximum Gasteiger partial charge on any atom is 0.177 e. The molecule has 2 rings (SSSR count). The molecule has 0 amide bonds. The maximum absolute atomic E-state index is 10.2. The Bertz CT molecular complexity index is 373. The largest absolute Gasteiger partial charge is 0.391 e. The van der Waals surface area contributed by atoms with Gasteiger partial charge in [-0.3, -0.25) is 0 Å². The van der Waals surface area contributed by atoms with Crippen LogP contribution in [0.2, 0.25) is 0 Å². The quantitative estimate of drug-likeness (QED) is 0.877. The van der Waals surface area contributed by atoms with Crippen molar-refractivity contribution in [3.63, 3.8) is 0 Å². The van der Waals surface area contributed by atoms with E-state index in [2.05, 4.69) is 29.3 Å². The number of nitrogens with zero attached hydrogens (tertiary/aromatic N) is 4. The molecule has 1 N–H and O–H groups in total. The van der Waals surface area contributed by atoms with Gasteiger partial charge in [0.05, 0.1) is 13.2 Å². The van der Waals surface area contributed by atoms with Crippen molar-refractivity contribution in [2.45, 2.75) is 42.1 Å². The topological polar surface area (TPSA) is 63.8 Å². The van der Waals surface area contributed by atoms with Crippen molar-refractivity contribution in [3.05, 3.63) is 5.82 Å². The molecule has 17 heavy (non-hydrogen) atoms. The van der Waals surface area contributed by atoms with E-state index >= 15 is 0 Å². The zero-order valence-corrected chi connectivity index (χ0v) is 11.9. The van der Waals surface area contributed by atoms with Crippen molar-refractivity contribution < 1.29 is 5.11 Å². The van der Waals surface area contributed by atoms with Gasteiger partial charge in [-0.05, 0) is 5.21 Å². The van der Waals surface area contributed by atoms with Crippen LogP contribution in [0, 0.1) is 0 Å². The Balaban J connectivity index is 1.90. The SMILES string of the molecule is CC1SCC(C(O)Cc2nnn(C)n2)SC1C. The molecule has 0 bridgehead atoms. The van der Waals surface area contributed by atoms with E-state index in [-0.39, 0.29) is 11.4 Å². The van der Waals surface area contributed by atoms with E-state index in [0.29, 0.717) is 22.7 Å². The molecular weight excluding hydrogens is 256 g/mol. The van der Waals surface area contributed by atoms with Gasteiger partial charge >= 0.3 is 0 Å². The fraction of sp³-hybridized carbons (Fsp3) is 0.900. The second-order valence-electron chi connectivity index (χ2n) is 4.38. The minimum absolute atomic E-state index is 0.273. The molecule has 7 heteroatoms. The highest BCUT2D eigenvalue weighted by Crippen LogP contribution is 2.37. The van der Waals surface area contributed by atoms with Crippen LogP contribution >= 0.6 is 23.5 Å². The molecule has 0 radical (unpaired) electrons. The summed E-state index contributed by atoms with van der Waals surface area (Å²) in [6, 6.07) is 0. The lowest BCUT2D eigenvalue weighted by molar-refractivity contribution is 0.174. The van der Waals surface area contributed by atoms with Gasteiger partial charge in [0.1, 0.15) is 0 Å². The Morgan fingerprint density at radius 2 is 2.24 bits per heavy atom. The highest BCUT2D eigenvalue weighted by molar-refractivity contribution is 8.07. The molecule has 0 spiro atoms. The summed E-state index contributed by atoms with van der Waals surface area (Å²) < 4.78 is 0. The summed E-state index contributed by atoms with van der Waals surface area (Å²) in [5.74, 6) is 1.62. The van der Waals surface area contributed by atoms with E-state index in [0.717, 1.165) is 5.75 Å². The number of hydrogen-bond donors (Lipinski definition) is 1. The van der Waals surface area contributed by atoms with E-state index in [4.69, 9.17) is 0 Å². The molecule has 0 saturated carbocycles. The van der Waals surface area contributed by atoms with Crippen LogP contribution in [-0.4, -0.2) is 52.9 Å². The Labute approximate surface area is 110 Å². The summed E-state index contributed by atoms with van der Waals surface area (Å²) in [4.78, 5) is 1.43. The summed E-state index contributed by atoms with van der Waals surface area (Å²) in [6.07, 6.45) is 0.110. The fourth-order valence-electron chi connectivity index (χ4n) is 1.73. The Hall–Kier alpha value is -0.270. The molecule has 5 nitrogen and oxygen atoms in total. The van der Waals surface area contributed by atoms with Crippen molar-refractivity contribution >= 4 is 23.5 Å². The van der Waals surface area contributed by atoms with Gasteiger partial charge in [-0.25, -0.2) is 0 Å². The number of aryl methyl sites for hydroxylation is 1. The number of thioether (sulfide) groups is 2. The van der Waals surface area contributed by atoms with Gasteiger partial charge < -0.3 is 5.11 Å².